The van der Waals surface area contributed by atoms with Gasteiger partial charge in [0, 0.05) is 35.5 Å². The van der Waals surface area contributed by atoms with Crippen molar-refractivity contribution in [3.63, 3.8) is 0 Å². The van der Waals surface area contributed by atoms with Crippen molar-refractivity contribution >= 4 is 16.7 Å². The Morgan fingerprint density at radius 2 is 1.64 bits per heavy atom. The minimum Gasteiger partial charge on any atom is -0.345 e. The van der Waals surface area contributed by atoms with Crippen LogP contribution < -0.4 is 0 Å². The topological polar surface area (TPSA) is 37.4 Å². The van der Waals surface area contributed by atoms with Crippen molar-refractivity contribution in [3.05, 3.63) is 65.7 Å². The van der Waals surface area contributed by atoms with Crippen LogP contribution in [0.2, 0.25) is 0 Å². The first-order valence-corrected chi connectivity index (χ1v) is 8.82. The van der Waals surface area contributed by atoms with E-state index in [1.54, 1.807) is 11.2 Å². The zero-order chi connectivity index (χ0) is 15.9. The Bertz CT molecular complexity index is 638. The smallest absolute Gasteiger partial charge is 0.226 e. The molecular weight excluding hydrogens is 294 g/mol. The highest BCUT2D eigenvalue weighted by molar-refractivity contribution is 7.84. The fourth-order valence-corrected chi connectivity index (χ4v) is 2.69. The zero-order valence-electron chi connectivity index (χ0n) is 13.0. The van der Waals surface area contributed by atoms with Crippen molar-refractivity contribution in [2.24, 2.45) is 0 Å². The van der Waals surface area contributed by atoms with Crippen molar-refractivity contribution in [1.29, 1.82) is 0 Å². The lowest BCUT2D eigenvalue weighted by atomic mass is 10.1. The fraction of sp³-hybridized carbons (Fsp3) is 0.278. The van der Waals surface area contributed by atoms with Crippen molar-refractivity contribution in [2.45, 2.75) is 17.7 Å². The Hall–Kier alpha value is -1.94. The van der Waals surface area contributed by atoms with E-state index in [0.717, 1.165) is 16.9 Å². The predicted octanol–water partition coefficient (Wildman–Crippen LogP) is 2.67. The maximum atomic E-state index is 12.2. The van der Waals surface area contributed by atoms with Crippen LogP contribution in [0.4, 0.5) is 0 Å². The van der Waals surface area contributed by atoms with Gasteiger partial charge in [-0.25, -0.2) is 0 Å². The molecule has 0 unspecified atom stereocenters. The molecule has 0 aliphatic heterocycles. The van der Waals surface area contributed by atoms with Gasteiger partial charge in [0.25, 0.3) is 0 Å². The molecule has 0 saturated carbocycles. The summed E-state index contributed by atoms with van der Waals surface area (Å²) in [6.07, 6.45) is 2.89. The zero-order valence-corrected chi connectivity index (χ0v) is 13.8. The molecule has 2 aromatic carbocycles. The lowest BCUT2D eigenvalue weighted by Crippen LogP contribution is -2.30. The van der Waals surface area contributed by atoms with Gasteiger partial charge in [0.2, 0.25) is 5.91 Å². The van der Waals surface area contributed by atoms with Gasteiger partial charge in [-0.05, 0) is 29.7 Å². The minimum atomic E-state index is -0.978. The van der Waals surface area contributed by atoms with E-state index >= 15 is 0 Å². The van der Waals surface area contributed by atoms with E-state index in [0.29, 0.717) is 13.0 Å². The van der Waals surface area contributed by atoms with Crippen LogP contribution in [0.1, 0.15) is 11.1 Å². The molecule has 0 N–H and O–H groups in total. The molecule has 2 aromatic rings. The minimum absolute atomic E-state index is 0.0984. The Balaban J connectivity index is 1.87. The van der Waals surface area contributed by atoms with E-state index in [2.05, 4.69) is 12.1 Å². The van der Waals surface area contributed by atoms with E-state index in [1.807, 2.05) is 49.5 Å². The highest BCUT2D eigenvalue weighted by Crippen LogP contribution is 2.09. The van der Waals surface area contributed by atoms with Gasteiger partial charge >= 0.3 is 0 Å². The first-order valence-electron chi connectivity index (χ1n) is 7.26. The number of likely N-dealkylation sites (N-methyl/N-ethyl adjacent to an activating group) is 1. The van der Waals surface area contributed by atoms with Crippen LogP contribution >= 0.6 is 0 Å². The molecule has 0 heterocycles. The van der Waals surface area contributed by atoms with Crippen LogP contribution in [0.5, 0.6) is 0 Å². The first-order chi connectivity index (χ1) is 10.6. The van der Waals surface area contributed by atoms with E-state index in [-0.39, 0.29) is 5.91 Å². The summed E-state index contributed by atoms with van der Waals surface area (Å²) < 4.78 is 11.3. The van der Waals surface area contributed by atoms with E-state index < -0.39 is 10.8 Å². The van der Waals surface area contributed by atoms with Crippen LogP contribution in [0.3, 0.4) is 0 Å². The Morgan fingerprint density at radius 3 is 2.23 bits per heavy atom. The monoisotopic (exact) mass is 315 g/mol. The van der Waals surface area contributed by atoms with Gasteiger partial charge in [-0.1, -0.05) is 42.5 Å². The quantitative estimate of drug-likeness (QED) is 0.822. The molecule has 116 valence electrons. The maximum absolute atomic E-state index is 12.2. The number of amides is 1. The Labute approximate surface area is 134 Å². The molecule has 0 aromatic heterocycles. The lowest BCUT2D eigenvalue weighted by Gasteiger charge is -2.17. The van der Waals surface area contributed by atoms with Crippen molar-refractivity contribution < 1.29 is 9.00 Å². The molecule has 2 rings (SSSR count). The average Bonchev–Trinajstić information content (AvgIpc) is 2.54. The number of carbonyl (C=O) groups is 1. The third-order valence-electron chi connectivity index (χ3n) is 3.62. The standard InChI is InChI=1S/C18H21NO2S/c1-19(13-12-15-6-4-3-5-7-15)18(20)14-16-8-10-17(11-9-16)22(2)21/h3-11H,12-14H2,1-2H3/t22-/m0/s1. The Kier molecular flexibility index (Phi) is 5.90. The third-order valence-corrected chi connectivity index (χ3v) is 4.55. The number of hydrogen-bond donors (Lipinski definition) is 0. The molecule has 0 aliphatic carbocycles. The van der Waals surface area contributed by atoms with Crippen LogP contribution in [0, 0.1) is 0 Å². The molecule has 1 atom stereocenters. The molecule has 0 bridgehead atoms. The first kappa shape index (κ1) is 16.4. The molecule has 1 amide bonds. The SMILES string of the molecule is CN(CCc1ccccc1)C(=O)Cc1ccc([S@](C)=O)cc1. The summed E-state index contributed by atoms with van der Waals surface area (Å²) in [6.45, 7) is 0.708. The summed E-state index contributed by atoms with van der Waals surface area (Å²) in [5.41, 5.74) is 2.18. The summed E-state index contributed by atoms with van der Waals surface area (Å²) >= 11 is 0. The van der Waals surface area contributed by atoms with Crippen molar-refractivity contribution in [1.82, 2.24) is 4.90 Å². The van der Waals surface area contributed by atoms with Gasteiger partial charge in [-0.15, -0.1) is 0 Å². The van der Waals surface area contributed by atoms with Crippen molar-refractivity contribution in [2.75, 3.05) is 19.8 Å². The van der Waals surface area contributed by atoms with Gasteiger partial charge in [-0.3, -0.25) is 9.00 Å². The van der Waals surface area contributed by atoms with Gasteiger partial charge in [0.1, 0.15) is 0 Å². The average molecular weight is 315 g/mol. The molecule has 0 radical (unpaired) electrons. The van der Waals surface area contributed by atoms with E-state index in [9.17, 15) is 9.00 Å². The van der Waals surface area contributed by atoms with Crippen molar-refractivity contribution in [3.8, 4) is 0 Å². The van der Waals surface area contributed by atoms with E-state index in [4.69, 9.17) is 0 Å². The Morgan fingerprint density at radius 1 is 1.00 bits per heavy atom. The third kappa shape index (κ3) is 4.81. The van der Waals surface area contributed by atoms with Crippen LogP contribution in [-0.2, 0) is 28.4 Å². The highest BCUT2D eigenvalue weighted by Gasteiger charge is 2.10. The molecule has 0 saturated heterocycles. The summed E-state index contributed by atoms with van der Waals surface area (Å²) in [5, 5.41) is 0. The largest absolute Gasteiger partial charge is 0.345 e. The van der Waals surface area contributed by atoms with Gasteiger partial charge in [0.05, 0.1) is 6.42 Å². The summed E-state index contributed by atoms with van der Waals surface area (Å²) in [4.78, 5) is 14.8. The predicted molar refractivity (Wildman–Crippen MR) is 90.3 cm³/mol. The second-order valence-corrected chi connectivity index (χ2v) is 6.71. The van der Waals surface area contributed by atoms with Crippen LogP contribution in [0.25, 0.3) is 0 Å². The molecule has 0 aliphatic rings. The van der Waals surface area contributed by atoms with Gasteiger partial charge in [-0.2, -0.15) is 0 Å². The van der Waals surface area contributed by atoms with Crippen LogP contribution in [0.15, 0.2) is 59.5 Å². The normalized spacial score (nSPS) is 11.9. The number of carbonyl (C=O) groups excluding carboxylic acids is 1. The summed E-state index contributed by atoms with van der Waals surface area (Å²) in [5.74, 6) is 0.0984. The van der Waals surface area contributed by atoms with E-state index in [1.165, 1.54) is 5.56 Å². The second kappa shape index (κ2) is 7.90. The molecule has 22 heavy (non-hydrogen) atoms. The summed E-state index contributed by atoms with van der Waals surface area (Å²) in [6, 6.07) is 17.5. The maximum Gasteiger partial charge on any atom is 0.226 e. The van der Waals surface area contributed by atoms with Gasteiger partial charge < -0.3 is 4.90 Å². The molecule has 0 spiro atoms. The fourth-order valence-electron chi connectivity index (χ4n) is 2.17. The molecule has 3 nitrogen and oxygen atoms in total. The number of hydrogen-bond acceptors (Lipinski definition) is 2. The second-order valence-electron chi connectivity index (χ2n) is 5.33. The molecular formula is C18H21NO2S. The molecule has 0 fully saturated rings. The molecule has 4 heteroatoms. The summed E-state index contributed by atoms with van der Waals surface area (Å²) in [7, 11) is 0.856. The number of benzene rings is 2. The highest BCUT2D eigenvalue weighted by atomic mass is 32.2. The van der Waals surface area contributed by atoms with Crippen LogP contribution in [-0.4, -0.2) is 34.9 Å². The lowest BCUT2D eigenvalue weighted by molar-refractivity contribution is -0.129. The number of rotatable bonds is 6. The number of nitrogens with zero attached hydrogens (tertiary/aromatic N) is 1. The van der Waals surface area contributed by atoms with Gasteiger partial charge in [0.15, 0.2) is 0 Å².